The van der Waals surface area contributed by atoms with E-state index >= 15 is 0 Å². The Morgan fingerprint density at radius 2 is 0.980 bits per heavy atom. The van der Waals surface area contributed by atoms with Crippen molar-refractivity contribution >= 4 is 76.3 Å². The summed E-state index contributed by atoms with van der Waals surface area (Å²) in [6.45, 7) is 0. The van der Waals surface area contributed by atoms with Crippen LogP contribution in [0.3, 0.4) is 0 Å². The molecule has 11 aromatic rings. The first-order chi connectivity index (χ1) is 24.3. The number of hydrogen-bond acceptors (Lipinski definition) is 2. The minimum Gasteiger partial charge on any atom is -0.464 e. The van der Waals surface area contributed by atoms with Crippen molar-refractivity contribution in [2.75, 3.05) is 0 Å². The van der Waals surface area contributed by atoms with Gasteiger partial charge in [-0.3, -0.25) is 0 Å². The standard InChI is InChI=1S/C46H27NO2/c1-2-12-29(13-3-1)47-38-20-10-8-14-30(38)31-23-22-28(26-39(31)47)43-32-15-4-6-17-34(32)44(35-18-7-5-16-33(35)43)37-27-48-41-24-25-42-45(46(37)41)36-19-9-11-21-40(36)49-42/h1-27H. The highest BCUT2D eigenvalue weighted by Gasteiger charge is 2.23. The molecule has 0 aliphatic heterocycles. The molecule has 49 heavy (non-hydrogen) atoms. The molecule has 0 aliphatic carbocycles. The quantitative estimate of drug-likeness (QED) is 0.183. The molecule has 8 aromatic carbocycles. The van der Waals surface area contributed by atoms with Crippen LogP contribution in [0.5, 0.6) is 0 Å². The highest BCUT2D eigenvalue weighted by molar-refractivity contribution is 6.28. The van der Waals surface area contributed by atoms with E-state index in [4.69, 9.17) is 8.83 Å². The second kappa shape index (κ2) is 9.96. The molecule has 0 saturated carbocycles. The molecular weight excluding hydrogens is 599 g/mol. The van der Waals surface area contributed by atoms with E-state index in [0.717, 1.165) is 44.2 Å². The first-order valence-electron chi connectivity index (χ1n) is 16.7. The summed E-state index contributed by atoms with van der Waals surface area (Å²) in [5.74, 6) is 0. The summed E-state index contributed by atoms with van der Waals surface area (Å²) in [6.07, 6.45) is 1.93. The van der Waals surface area contributed by atoms with Crippen molar-refractivity contribution in [1.82, 2.24) is 4.57 Å². The third kappa shape index (κ3) is 3.67. The normalized spacial score (nSPS) is 12.1. The third-order valence-corrected chi connectivity index (χ3v) is 10.3. The summed E-state index contributed by atoms with van der Waals surface area (Å²) in [7, 11) is 0. The number of benzene rings is 8. The first kappa shape index (κ1) is 26.5. The first-order valence-corrected chi connectivity index (χ1v) is 16.7. The summed E-state index contributed by atoms with van der Waals surface area (Å²) in [5.41, 5.74) is 10.8. The van der Waals surface area contributed by atoms with Crippen LogP contribution in [0.2, 0.25) is 0 Å². The summed E-state index contributed by atoms with van der Waals surface area (Å²) in [4.78, 5) is 0. The minimum atomic E-state index is 0.852. The highest BCUT2D eigenvalue weighted by atomic mass is 16.3. The lowest BCUT2D eigenvalue weighted by molar-refractivity contribution is 0.616. The van der Waals surface area contributed by atoms with Gasteiger partial charge in [0.25, 0.3) is 0 Å². The fourth-order valence-electron chi connectivity index (χ4n) is 8.24. The van der Waals surface area contributed by atoms with Crippen molar-refractivity contribution in [3.05, 3.63) is 164 Å². The van der Waals surface area contributed by atoms with Crippen molar-refractivity contribution in [2.24, 2.45) is 0 Å². The van der Waals surface area contributed by atoms with Gasteiger partial charge in [-0.1, -0.05) is 115 Å². The highest BCUT2D eigenvalue weighted by Crippen LogP contribution is 2.48. The molecule has 0 fully saturated rings. The van der Waals surface area contributed by atoms with Crippen LogP contribution in [0, 0.1) is 0 Å². The maximum atomic E-state index is 6.33. The molecule has 228 valence electrons. The van der Waals surface area contributed by atoms with Crippen LogP contribution in [0.25, 0.3) is 104 Å². The molecule has 0 atom stereocenters. The van der Waals surface area contributed by atoms with Gasteiger partial charge in [0.1, 0.15) is 16.7 Å². The molecule has 0 aliphatic rings. The number of fused-ring (bicyclic) bond motifs is 10. The Labute approximate surface area is 280 Å². The van der Waals surface area contributed by atoms with E-state index < -0.39 is 0 Å². The van der Waals surface area contributed by atoms with Crippen LogP contribution >= 0.6 is 0 Å². The van der Waals surface area contributed by atoms with Gasteiger partial charge < -0.3 is 13.4 Å². The summed E-state index contributed by atoms with van der Waals surface area (Å²) in [5, 5.41) is 10.6. The van der Waals surface area contributed by atoms with Gasteiger partial charge >= 0.3 is 0 Å². The van der Waals surface area contributed by atoms with Crippen molar-refractivity contribution in [2.45, 2.75) is 0 Å². The van der Waals surface area contributed by atoms with Crippen LogP contribution in [0.4, 0.5) is 0 Å². The molecule has 0 bridgehead atoms. The zero-order valence-corrected chi connectivity index (χ0v) is 26.4. The average molecular weight is 626 g/mol. The number of nitrogens with zero attached hydrogens (tertiary/aromatic N) is 1. The van der Waals surface area contributed by atoms with Gasteiger partial charge in [-0.25, -0.2) is 0 Å². The van der Waals surface area contributed by atoms with Crippen LogP contribution in [-0.2, 0) is 0 Å². The van der Waals surface area contributed by atoms with Crippen LogP contribution < -0.4 is 0 Å². The van der Waals surface area contributed by atoms with Crippen molar-refractivity contribution < 1.29 is 8.83 Å². The summed E-state index contributed by atoms with van der Waals surface area (Å²) >= 11 is 0. The Bertz CT molecular complexity index is 3050. The van der Waals surface area contributed by atoms with Crippen LogP contribution in [0.1, 0.15) is 0 Å². The minimum absolute atomic E-state index is 0.852. The molecule has 0 amide bonds. The van der Waals surface area contributed by atoms with Crippen molar-refractivity contribution in [3.63, 3.8) is 0 Å². The van der Waals surface area contributed by atoms with Gasteiger partial charge in [-0.05, 0) is 75.1 Å². The van der Waals surface area contributed by atoms with Crippen molar-refractivity contribution in [1.29, 1.82) is 0 Å². The zero-order chi connectivity index (χ0) is 32.1. The fourth-order valence-corrected chi connectivity index (χ4v) is 8.24. The van der Waals surface area contributed by atoms with E-state index in [9.17, 15) is 0 Å². The molecule has 0 unspecified atom stereocenters. The lowest BCUT2D eigenvalue weighted by atomic mass is 9.85. The molecule has 3 heteroatoms. The van der Waals surface area contributed by atoms with Gasteiger partial charge in [-0.2, -0.15) is 0 Å². The van der Waals surface area contributed by atoms with E-state index in [0.29, 0.717) is 0 Å². The molecule has 0 radical (unpaired) electrons. The maximum absolute atomic E-state index is 6.33. The van der Waals surface area contributed by atoms with Crippen LogP contribution in [-0.4, -0.2) is 4.57 Å². The lowest BCUT2D eigenvalue weighted by Gasteiger charge is -2.17. The Kier molecular flexibility index (Phi) is 5.38. The molecule has 11 rings (SSSR count). The molecule has 3 heterocycles. The van der Waals surface area contributed by atoms with E-state index in [1.54, 1.807) is 0 Å². The van der Waals surface area contributed by atoms with E-state index in [1.807, 2.05) is 30.5 Å². The van der Waals surface area contributed by atoms with Gasteiger partial charge in [0.05, 0.1) is 17.3 Å². The third-order valence-electron chi connectivity index (χ3n) is 10.3. The van der Waals surface area contributed by atoms with E-state index in [2.05, 4.69) is 138 Å². The Balaban J connectivity index is 1.25. The van der Waals surface area contributed by atoms with E-state index in [1.165, 1.54) is 60.0 Å². The van der Waals surface area contributed by atoms with Gasteiger partial charge in [-0.15, -0.1) is 0 Å². The van der Waals surface area contributed by atoms with Gasteiger partial charge in [0.2, 0.25) is 0 Å². The zero-order valence-electron chi connectivity index (χ0n) is 26.4. The van der Waals surface area contributed by atoms with Crippen molar-refractivity contribution in [3.8, 4) is 27.9 Å². The largest absolute Gasteiger partial charge is 0.464 e. The van der Waals surface area contributed by atoms with Crippen LogP contribution in [0.15, 0.2) is 173 Å². The second-order valence-corrected chi connectivity index (χ2v) is 12.8. The Morgan fingerprint density at radius 1 is 0.388 bits per heavy atom. The molecule has 3 aromatic heterocycles. The molecular formula is C46H27NO2. The summed E-state index contributed by atoms with van der Waals surface area (Å²) < 4.78 is 15.1. The number of hydrogen-bond donors (Lipinski definition) is 0. The molecule has 0 spiro atoms. The predicted octanol–water partition coefficient (Wildman–Crippen LogP) is 13.1. The SMILES string of the molecule is c1ccc(-n2c3ccccc3c3ccc(-c4c5ccccc5c(-c5coc6ccc7oc8ccccc8c7c56)c5ccccc45)cc32)cc1. The predicted molar refractivity (Wildman–Crippen MR) is 204 cm³/mol. The maximum Gasteiger partial charge on any atom is 0.136 e. The smallest absolute Gasteiger partial charge is 0.136 e. The van der Waals surface area contributed by atoms with Gasteiger partial charge in [0.15, 0.2) is 0 Å². The summed E-state index contributed by atoms with van der Waals surface area (Å²) in [6, 6.07) is 56.3. The fraction of sp³-hybridized carbons (Fsp3) is 0. The number of aromatic nitrogens is 1. The number of rotatable bonds is 3. The van der Waals surface area contributed by atoms with E-state index in [-0.39, 0.29) is 0 Å². The monoisotopic (exact) mass is 625 g/mol. The Morgan fingerprint density at radius 3 is 1.73 bits per heavy atom. The van der Waals surface area contributed by atoms with Gasteiger partial charge in [0, 0.05) is 43.7 Å². The second-order valence-electron chi connectivity index (χ2n) is 12.8. The number of furan rings is 2. The number of para-hydroxylation sites is 3. The lowest BCUT2D eigenvalue weighted by Crippen LogP contribution is -1.94. The molecule has 3 nitrogen and oxygen atoms in total. The Hall–Kier alpha value is -6.58. The molecule has 0 N–H and O–H groups in total. The topological polar surface area (TPSA) is 31.2 Å². The molecule has 0 saturated heterocycles. The average Bonchev–Trinajstić information content (AvgIpc) is 3.85.